The van der Waals surface area contributed by atoms with Crippen molar-refractivity contribution in [2.75, 3.05) is 12.4 Å². The summed E-state index contributed by atoms with van der Waals surface area (Å²) in [5.41, 5.74) is 2.08. The molecule has 3 rings (SSSR count). The molecular weight excluding hydrogens is 422 g/mol. The highest BCUT2D eigenvalue weighted by atomic mass is 79.9. The minimum Gasteiger partial charge on any atom is -0.497 e. The van der Waals surface area contributed by atoms with Crippen LogP contribution in [0.25, 0.3) is 11.3 Å². The van der Waals surface area contributed by atoms with E-state index in [4.69, 9.17) is 4.74 Å². The first-order valence-corrected chi connectivity index (χ1v) is 9.62. The molecule has 6 nitrogen and oxygen atoms in total. The Hall–Kier alpha value is -2.93. The van der Waals surface area contributed by atoms with Crippen LogP contribution < -0.4 is 15.6 Å². The fraction of sp³-hybridized carbons (Fsp3) is 0.190. The Labute approximate surface area is 171 Å². The fourth-order valence-corrected chi connectivity index (χ4v) is 3.12. The van der Waals surface area contributed by atoms with Gasteiger partial charge in [0.25, 0.3) is 5.56 Å². The van der Waals surface area contributed by atoms with Crippen molar-refractivity contribution in [1.29, 1.82) is 0 Å². The van der Waals surface area contributed by atoms with E-state index in [0.717, 1.165) is 21.5 Å². The van der Waals surface area contributed by atoms with Crippen molar-refractivity contribution < 1.29 is 9.53 Å². The van der Waals surface area contributed by atoms with E-state index in [1.54, 1.807) is 13.2 Å². The number of aryl methyl sites for hydroxylation is 1. The second kappa shape index (κ2) is 9.32. The number of rotatable bonds is 7. The number of benzene rings is 2. The summed E-state index contributed by atoms with van der Waals surface area (Å²) >= 11 is 3.37. The lowest BCUT2D eigenvalue weighted by molar-refractivity contribution is -0.116. The van der Waals surface area contributed by atoms with Gasteiger partial charge in [0.15, 0.2) is 0 Å². The number of anilines is 1. The van der Waals surface area contributed by atoms with Crippen LogP contribution in [0.2, 0.25) is 0 Å². The van der Waals surface area contributed by atoms with E-state index in [9.17, 15) is 9.59 Å². The smallest absolute Gasteiger partial charge is 0.266 e. The van der Waals surface area contributed by atoms with Gasteiger partial charge in [-0.2, -0.15) is 5.10 Å². The molecule has 3 aromatic rings. The topological polar surface area (TPSA) is 73.2 Å². The largest absolute Gasteiger partial charge is 0.497 e. The van der Waals surface area contributed by atoms with E-state index < -0.39 is 0 Å². The van der Waals surface area contributed by atoms with Crippen LogP contribution in [-0.4, -0.2) is 22.8 Å². The van der Waals surface area contributed by atoms with Gasteiger partial charge in [0.05, 0.1) is 12.8 Å². The van der Waals surface area contributed by atoms with Gasteiger partial charge in [-0.15, -0.1) is 0 Å². The first-order chi connectivity index (χ1) is 13.5. The zero-order chi connectivity index (χ0) is 19.9. The van der Waals surface area contributed by atoms with E-state index in [1.165, 1.54) is 10.7 Å². The predicted octanol–water partition coefficient (Wildman–Crippen LogP) is 4.10. The maximum atomic E-state index is 12.1. The minimum atomic E-state index is -0.195. The lowest BCUT2D eigenvalue weighted by atomic mass is 10.1. The van der Waals surface area contributed by atoms with Crippen molar-refractivity contribution in [3.63, 3.8) is 0 Å². The number of nitrogens with one attached hydrogen (secondary N) is 1. The van der Waals surface area contributed by atoms with Gasteiger partial charge in [0.2, 0.25) is 5.91 Å². The summed E-state index contributed by atoms with van der Waals surface area (Å²) in [6, 6.07) is 18.1. The average molecular weight is 442 g/mol. The highest BCUT2D eigenvalue weighted by molar-refractivity contribution is 9.10. The number of carbonyl (C=O) groups excluding carboxylic acids is 1. The molecule has 1 heterocycles. The Morgan fingerprint density at radius 1 is 1.14 bits per heavy atom. The molecule has 28 heavy (non-hydrogen) atoms. The summed E-state index contributed by atoms with van der Waals surface area (Å²) in [7, 11) is 1.60. The van der Waals surface area contributed by atoms with Gasteiger partial charge in [0.1, 0.15) is 5.75 Å². The number of methoxy groups -OCH3 is 1. The Bertz CT molecular complexity index is 1030. The summed E-state index contributed by atoms with van der Waals surface area (Å²) in [5, 5.41) is 7.26. The maximum Gasteiger partial charge on any atom is 0.266 e. The number of hydrogen-bond donors (Lipinski definition) is 1. The summed E-state index contributed by atoms with van der Waals surface area (Å²) in [4.78, 5) is 24.2. The Kier molecular flexibility index (Phi) is 6.60. The van der Waals surface area contributed by atoms with Gasteiger partial charge in [-0.25, -0.2) is 4.68 Å². The maximum absolute atomic E-state index is 12.1. The standard InChI is InChI=1S/C21H20BrN3O3/c1-28-18-8-2-5-15(13-18)19-10-11-21(27)25(24-19)12-4-9-20(26)23-17-7-3-6-16(22)14-17/h2-3,5-8,10-11,13-14H,4,9,12H2,1H3,(H,23,26). The third-order valence-corrected chi connectivity index (χ3v) is 4.61. The van der Waals surface area contributed by atoms with E-state index in [2.05, 4.69) is 26.3 Å². The van der Waals surface area contributed by atoms with E-state index in [-0.39, 0.29) is 11.5 Å². The number of hydrogen-bond acceptors (Lipinski definition) is 4. The Morgan fingerprint density at radius 2 is 1.96 bits per heavy atom. The van der Waals surface area contributed by atoms with Crippen molar-refractivity contribution in [1.82, 2.24) is 9.78 Å². The van der Waals surface area contributed by atoms with Crippen LogP contribution >= 0.6 is 15.9 Å². The molecule has 0 aliphatic rings. The van der Waals surface area contributed by atoms with Crippen molar-refractivity contribution in [2.24, 2.45) is 0 Å². The summed E-state index contributed by atoms with van der Waals surface area (Å²) in [5.74, 6) is 0.622. The average Bonchev–Trinajstić information content (AvgIpc) is 2.69. The third-order valence-electron chi connectivity index (χ3n) is 4.11. The van der Waals surface area contributed by atoms with Crippen molar-refractivity contribution in [2.45, 2.75) is 19.4 Å². The molecule has 7 heteroatoms. The lowest BCUT2D eigenvalue weighted by Crippen LogP contribution is -2.23. The Morgan fingerprint density at radius 3 is 2.75 bits per heavy atom. The van der Waals surface area contributed by atoms with Crippen LogP contribution in [-0.2, 0) is 11.3 Å². The van der Waals surface area contributed by atoms with Crippen LogP contribution in [0, 0.1) is 0 Å². The molecule has 144 valence electrons. The van der Waals surface area contributed by atoms with Crippen LogP contribution in [0.15, 0.2) is 69.9 Å². The highest BCUT2D eigenvalue weighted by Crippen LogP contribution is 2.21. The van der Waals surface area contributed by atoms with Crippen molar-refractivity contribution in [3.8, 4) is 17.0 Å². The molecule has 0 aliphatic carbocycles. The fourth-order valence-electron chi connectivity index (χ4n) is 2.72. The number of halogens is 1. The monoisotopic (exact) mass is 441 g/mol. The summed E-state index contributed by atoms with van der Waals surface area (Å²) in [6.07, 6.45) is 0.804. The van der Waals surface area contributed by atoms with Gasteiger partial charge in [-0.05, 0) is 42.8 Å². The predicted molar refractivity (Wildman–Crippen MR) is 112 cm³/mol. The minimum absolute atomic E-state index is 0.102. The van der Waals surface area contributed by atoms with E-state index in [0.29, 0.717) is 25.1 Å². The molecule has 0 bridgehead atoms. The lowest BCUT2D eigenvalue weighted by Gasteiger charge is -2.09. The molecule has 2 aromatic carbocycles. The zero-order valence-corrected chi connectivity index (χ0v) is 17.0. The number of aromatic nitrogens is 2. The first-order valence-electron chi connectivity index (χ1n) is 8.83. The molecule has 0 radical (unpaired) electrons. The van der Waals surface area contributed by atoms with Gasteiger partial charge >= 0.3 is 0 Å². The summed E-state index contributed by atoms with van der Waals surface area (Å²) in [6.45, 7) is 0.364. The van der Waals surface area contributed by atoms with Crippen LogP contribution in [0.5, 0.6) is 5.75 Å². The van der Waals surface area contributed by atoms with Gasteiger partial charge in [0, 0.05) is 34.8 Å². The second-order valence-corrected chi connectivity index (χ2v) is 7.09. The number of carbonyl (C=O) groups is 1. The molecule has 0 saturated heterocycles. The van der Waals surface area contributed by atoms with Gasteiger partial charge < -0.3 is 10.1 Å². The molecule has 1 amide bonds. The van der Waals surface area contributed by atoms with Crippen LogP contribution in [0.3, 0.4) is 0 Å². The number of amides is 1. The SMILES string of the molecule is COc1cccc(-c2ccc(=O)n(CCCC(=O)Nc3cccc(Br)c3)n2)c1. The molecule has 0 spiro atoms. The molecule has 1 N–H and O–H groups in total. The van der Waals surface area contributed by atoms with E-state index in [1.807, 2.05) is 48.5 Å². The first kappa shape index (κ1) is 19.8. The molecule has 0 saturated carbocycles. The molecule has 0 fully saturated rings. The number of nitrogens with zero attached hydrogens (tertiary/aromatic N) is 2. The molecule has 0 aliphatic heterocycles. The summed E-state index contributed by atoms with van der Waals surface area (Å²) < 4.78 is 7.52. The van der Waals surface area contributed by atoms with Crippen LogP contribution in [0.1, 0.15) is 12.8 Å². The molecule has 0 atom stereocenters. The quantitative estimate of drug-likeness (QED) is 0.598. The molecular formula is C21H20BrN3O3. The molecule has 0 unspecified atom stereocenters. The van der Waals surface area contributed by atoms with Gasteiger partial charge in [-0.3, -0.25) is 9.59 Å². The van der Waals surface area contributed by atoms with Crippen molar-refractivity contribution in [3.05, 3.63) is 75.5 Å². The zero-order valence-electron chi connectivity index (χ0n) is 15.4. The molecule has 1 aromatic heterocycles. The normalized spacial score (nSPS) is 10.5. The number of ether oxygens (including phenoxy) is 1. The third kappa shape index (κ3) is 5.29. The van der Waals surface area contributed by atoms with E-state index >= 15 is 0 Å². The van der Waals surface area contributed by atoms with Gasteiger partial charge in [-0.1, -0.05) is 34.1 Å². The van der Waals surface area contributed by atoms with Crippen LogP contribution in [0.4, 0.5) is 5.69 Å². The van der Waals surface area contributed by atoms with Crippen molar-refractivity contribution >= 4 is 27.5 Å². The second-order valence-electron chi connectivity index (χ2n) is 6.17. The Balaban J connectivity index is 1.62. The highest BCUT2D eigenvalue weighted by Gasteiger charge is 2.07.